The van der Waals surface area contributed by atoms with Crippen LogP contribution in [0.1, 0.15) is 26.7 Å². The van der Waals surface area contributed by atoms with E-state index in [2.05, 4.69) is 33.2 Å². The van der Waals surface area contributed by atoms with E-state index in [-0.39, 0.29) is 11.7 Å². The van der Waals surface area contributed by atoms with Gasteiger partial charge < -0.3 is 5.32 Å². The summed E-state index contributed by atoms with van der Waals surface area (Å²) in [4.78, 5) is 14.4. The van der Waals surface area contributed by atoms with Crippen LogP contribution in [0.25, 0.3) is 0 Å². The van der Waals surface area contributed by atoms with Crippen LogP contribution in [0.5, 0.6) is 0 Å². The first-order valence-corrected chi connectivity index (χ1v) is 5.90. The Morgan fingerprint density at radius 1 is 1.69 bits per heavy atom. The highest BCUT2D eigenvalue weighted by atomic mass is 79.9. The summed E-state index contributed by atoms with van der Waals surface area (Å²) >= 11 is 3.17. The predicted molar refractivity (Wildman–Crippen MR) is 66.6 cm³/mol. The molecule has 1 atom stereocenters. The van der Waals surface area contributed by atoms with Crippen LogP contribution in [0, 0.1) is 10.1 Å². The molecule has 1 N–H and O–H groups in total. The molecule has 1 unspecified atom stereocenters. The summed E-state index contributed by atoms with van der Waals surface area (Å²) in [6, 6.07) is 1.63. The molecule has 0 spiro atoms. The van der Waals surface area contributed by atoms with Gasteiger partial charge in [-0.1, -0.05) is 13.3 Å². The molecule has 5 nitrogen and oxygen atoms in total. The third-order valence-electron chi connectivity index (χ3n) is 2.14. The van der Waals surface area contributed by atoms with Gasteiger partial charge in [0.1, 0.15) is 0 Å². The minimum Gasteiger partial charge on any atom is -0.362 e. The van der Waals surface area contributed by atoms with E-state index in [9.17, 15) is 10.1 Å². The molecular formula is C10H14BrN3O2. The maximum absolute atomic E-state index is 10.8. The summed E-state index contributed by atoms with van der Waals surface area (Å²) in [6.07, 6.45) is 3.53. The predicted octanol–water partition coefficient (Wildman–Crippen LogP) is 3.35. The van der Waals surface area contributed by atoms with Crippen LogP contribution in [-0.2, 0) is 0 Å². The van der Waals surface area contributed by atoms with Gasteiger partial charge in [-0.2, -0.15) is 0 Å². The van der Waals surface area contributed by atoms with Gasteiger partial charge in [-0.3, -0.25) is 10.1 Å². The van der Waals surface area contributed by atoms with Gasteiger partial charge in [0.15, 0.2) is 0 Å². The lowest BCUT2D eigenvalue weighted by Gasteiger charge is -2.13. The molecule has 0 radical (unpaired) electrons. The van der Waals surface area contributed by atoms with Gasteiger partial charge in [-0.15, -0.1) is 0 Å². The van der Waals surface area contributed by atoms with Crippen LogP contribution >= 0.6 is 15.9 Å². The van der Waals surface area contributed by atoms with Gasteiger partial charge in [0.25, 0.3) is 0 Å². The normalized spacial score (nSPS) is 12.2. The SMILES string of the molecule is CCCC(C)Nc1ncc(Br)cc1[N+](=O)[O-]. The molecule has 0 aliphatic carbocycles. The van der Waals surface area contributed by atoms with Crippen molar-refractivity contribution in [1.29, 1.82) is 0 Å². The molecule has 1 heterocycles. The lowest BCUT2D eigenvalue weighted by molar-refractivity contribution is -0.384. The number of anilines is 1. The Labute approximate surface area is 103 Å². The lowest BCUT2D eigenvalue weighted by Crippen LogP contribution is -2.16. The van der Waals surface area contributed by atoms with Crippen molar-refractivity contribution in [2.75, 3.05) is 5.32 Å². The number of nitro groups is 1. The van der Waals surface area contributed by atoms with E-state index in [0.717, 1.165) is 12.8 Å². The van der Waals surface area contributed by atoms with Gasteiger partial charge in [0, 0.05) is 22.8 Å². The van der Waals surface area contributed by atoms with E-state index >= 15 is 0 Å². The lowest BCUT2D eigenvalue weighted by atomic mass is 10.2. The van der Waals surface area contributed by atoms with Crippen LogP contribution in [0.4, 0.5) is 11.5 Å². The average molecular weight is 288 g/mol. The molecule has 0 bridgehead atoms. The fraction of sp³-hybridized carbons (Fsp3) is 0.500. The largest absolute Gasteiger partial charge is 0.362 e. The maximum Gasteiger partial charge on any atom is 0.312 e. The zero-order valence-electron chi connectivity index (χ0n) is 9.24. The highest BCUT2D eigenvalue weighted by Crippen LogP contribution is 2.26. The van der Waals surface area contributed by atoms with Crippen molar-refractivity contribution in [3.05, 3.63) is 26.9 Å². The van der Waals surface area contributed by atoms with Gasteiger partial charge >= 0.3 is 5.69 Å². The van der Waals surface area contributed by atoms with Crippen LogP contribution in [-0.4, -0.2) is 15.9 Å². The van der Waals surface area contributed by atoms with Crippen molar-refractivity contribution in [1.82, 2.24) is 4.98 Å². The Morgan fingerprint density at radius 3 is 2.94 bits per heavy atom. The number of nitrogens with one attached hydrogen (secondary N) is 1. The third-order valence-corrected chi connectivity index (χ3v) is 2.57. The second-order valence-corrected chi connectivity index (χ2v) is 4.53. The molecule has 0 aliphatic rings. The molecule has 0 fully saturated rings. The highest BCUT2D eigenvalue weighted by Gasteiger charge is 2.17. The monoisotopic (exact) mass is 287 g/mol. The van der Waals surface area contributed by atoms with Crippen molar-refractivity contribution >= 4 is 27.4 Å². The molecule has 1 aromatic heterocycles. The zero-order valence-corrected chi connectivity index (χ0v) is 10.8. The first-order valence-electron chi connectivity index (χ1n) is 5.11. The number of aromatic nitrogens is 1. The van der Waals surface area contributed by atoms with E-state index in [0.29, 0.717) is 10.3 Å². The molecule has 1 rings (SSSR count). The first kappa shape index (κ1) is 12.9. The molecule has 0 saturated carbocycles. The molecule has 16 heavy (non-hydrogen) atoms. The number of hydrogen-bond donors (Lipinski definition) is 1. The number of rotatable bonds is 5. The number of nitrogens with zero attached hydrogens (tertiary/aromatic N) is 2. The van der Waals surface area contributed by atoms with E-state index in [4.69, 9.17) is 0 Å². The molecule has 0 aliphatic heterocycles. The van der Waals surface area contributed by atoms with Gasteiger partial charge in [-0.25, -0.2) is 4.98 Å². The summed E-state index contributed by atoms with van der Waals surface area (Å²) in [5, 5.41) is 13.9. The minimum atomic E-state index is -0.432. The molecule has 6 heteroatoms. The van der Waals surface area contributed by atoms with Crippen LogP contribution < -0.4 is 5.32 Å². The van der Waals surface area contributed by atoms with Crippen LogP contribution in [0.15, 0.2) is 16.7 Å². The second-order valence-electron chi connectivity index (χ2n) is 3.61. The number of hydrogen-bond acceptors (Lipinski definition) is 4. The summed E-state index contributed by atoms with van der Waals surface area (Å²) in [5.41, 5.74) is -0.00247. The van der Waals surface area contributed by atoms with Crippen molar-refractivity contribution < 1.29 is 4.92 Å². The second kappa shape index (κ2) is 5.79. The maximum atomic E-state index is 10.8. The summed E-state index contributed by atoms with van der Waals surface area (Å²) in [6.45, 7) is 4.05. The van der Waals surface area contributed by atoms with Crippen molar-refractivity contribution in [3.63, 3.8) is 0 Å². The summed E-state index contributed by atoms with van der Waals surface area (Å²) in [5.74, 6) is 0.328. The Bertz CT molecular complexity index is 384. The first-order chi connectivity index (χ1) is 7.54. The van der Waals surface area contributed by atoms with Gasteiger partial charge in [0.05, 0.1) is 4.92 Å². The fourth-order valence-electron chi connectivity index (χ4n) is 1.42. The molecular weight excluding hydrogens is 274 g/mol. The molecule has 88 valence electrons. The van der Waals surface area contributed by atoms with Crippen molar-refractivity contribution in [2.24, 2.45) is 0 Å². The molecule has 1 aromatic rings. The van der Waals surface area contributed by atoms with E-state index in [1.165, 1.54) is 6.07 Å². The fourth-order valence-corrected chi connectivity index (χ4v) is 1.74. The van der Waals surface area contributed by atoms with Gasteiger partial charge in [-0.05, 0) is 29.3 Å². The Balaban J connectivity index is 2.90. The number of pyridine rings is 1. The highest BCUT2D eigenvalue weighted by molar-refractivity contribution is 9.10. The average Bonchev–Trinajstić information content (AvgIpc) is 2.20. The topological polar surface area (TPSA) is 68.1 Å². The minimum absolute atomic E-state index is 0.00247. The van der Waals surface area contributed by atoms with Crippen molar-refractivity contribution in [3.8, 4) is 0 Å². The van der Waals surface area contributed by atoms with E-state index < -0.39 is 4.92 Å². The Kier molecular flexibility index (Phi) is 4.67. The summed E-state index contributed by atoms with van der Waals surface area (Å²) < 4.78 is 0.605. The third kappa shape index (κ3) is 3.44. The molecule has 0 amide bonds. The Morgan fingerprint density at radius 2 is 2.38 bits per heavy atom. The summed E-state index contributed by atoms with van der Waals surface area (Å²) in [7, 11) is 0. The van der Waals surface area contributed by atoms with Crippen LogP contribution in [0.3, 0.4) is 0 Å². The van der Waals surface area contributed by atoms with Gasteiger partial charge in [0.2, 0.25) is 5.82 Å². The standard InChI is InChI=1S/C10H14BrN3O2/c1-3-4-7(2)13-10-9(14(15)16)5-8(11)6-12-10/h5-7H,3-4H2,1-2H3,(H,12,13). The van der Waals surface area contributed by atoms with Crippen LogP contribution in [0.2, 0.25) is 0 Å². The number of halogens is 1. The van der Waals surface area contributed by atoms with E-state index in [1.54, 1.807) is 6.20 Å². The van der Waals surface area contributed by atoms with Crippen molar-refractivity contribution in [2.45, 2.75) is 32.7 Å². The Hall–Kier alpha value is -1.17. The molecule has 0 saturated heterocycles. The smallest absolute Gasteiger partial charge is 0.312 e. The van der Waals surface area contributed by atoms with E-state index in [1.807, 2.05) is 6.92 Å². The zero-order chi connectivity index (χ0) is 12.1. The quantitative estimate of drug-likeness (QED) is 0.666. The molecule has 0 aromatic carbocycles.